The van der Waals surface area contributed by atoms with E-state index in [0.29, 0.717) is 48.1 Å². The summed E-state index contributed by atoms with van der Waals surface area (Å²) in [7, 11) is 2.96. The van der Waals surface area contributed by atoms with Crippen LogP contribution in [0.3, 0.4) is 0 Å². The Morgan fingerprint density at radius 1 is 1.10 bits per heavy atom. The molecule has 0 unspecified atom stereocenters. The van der Waals surface area contributed by atoms with Crippen LogP contribution in [0.4, 0.5) is 24.7 Å². The van der Waals surface area contributed by atoms with E-state index < -0.39 is 11.7 Å². The molecule has 6 nitrogen and oxygen atoms in total. The topological polar surface area (TPSA) is 63.7 Å². The van der Waals surface area contributed by atoms with Crippen LogP contribution in [0.2, 0.25) is 10.0 Å². The SMILES string of the molecule is COc1cc(Cl)c(NC(=O)C2CCN(c3ncc(C(F)(F)F)cc3Cl)CC2)cc1OC. The summed E-state index contributed by atoms with van der Waals surface area (Å²) in [6.45, 7) is 0.853. The number of amides is 1. The quantitative estimate of drug-likeness (QED) is 0.634. The van der Waals surface area contributed by atoms with E-state index in [0.717, 1.165) is 12.3 Å². The van der Waals surface area contributed by atoms with E-state index in [1.165, 1.54) is 14.2 Å². The van der Waals surface area contributed by atoms with Crippen molar-refractivity contribution in [3.05, 3.63) is 40.0 Å². The predicted molar refractivity (Wildman–Crippen MR) is 112 cm³/mol. The number of hydrogen-bond acceptors (Lipinski definition) is 5. The van der Waals surface area contributed by atoms with Crippen molar-refractivity contribution in [1.82, 2.24) is 4.98 Å². The number of piperidine rings is 1. The fourth-order valence-corrected chi connectivity index (χ4v) is 3.84. The average molecular weight is 478 g/mol. The molecule has 0 radical (unpaired) electrons. The van der Waals surface area contributed by atoms with Crippen molar-refractivity contribution in [2.75, 3.05) is 37.5 Å². The highest BCUT2D eigenvalue weighted by atomic mass is 35.5. The number of anilines is 2. The second kappa shape index (κ2) is 9.40. The number of alkyl halides is 3. The third kappa shape index (κ3) is 5.27. The molecule has 1 aliphatic rings. The molecule has 2 aromatic rings. The monoisotopic (exact) mass is 477 g/mol. The fourth-order valence-electron chi connectivity index (χ4n) is 3.36. The van der Waals surface area contributed by atoms with Crippen molar-refractivity contribution >= 4 is 40.6 Å². The largest absolute Gasteiger partial charge is 0.493 e. The molecule has 2 heterocycles. The van der Waals surface area contributed by atoms with Crippen LogP contribution in [-0.2, 0) is 11.0 Å². The molecule has 0 saturated carbocycles. The Morgan fingerprint density at radius 2 is 1.71 bits per heavy atom. The van der Waals surface area contributed by atoms with Gasteiger partial charge in [0.05, 0.1) is 35.5 Å². The first-order valence-electron chi connectivity index (χ1n) is 9.34. The van der Waals surface area contributed by atoms with E-state index in [9.17, 15) is 18.0 Å². The number of methoxy groups -OCH3 is 2. The summed E-state index contributed by atoms with van der Waals surface area (Å²) in [4.78, 5) is 18.4. The molecule has 0 bridgehead atoms. The van der Waals surface area contributed by atoms with Gasteiger partial charge in [-0.15, -0.1) is 0 Å². The first kappa shape index (κ1) is 23.3. The number of ether oxygens (including phenoxy) is 2. The number of nitrogens with zero attached hydrogens (tertiary/aromatic N) is 2. The maximum atomic E-state index is 12.8. The van der Waals surface area contributed by atoms with E-state index in [2.05, 4.69) is 10.3 Å². The number of carbonyl (C=O) groups is 1. The number of aromatic nitrogens is 1. The second-order valence-corrected chi connectivity index (χ2v) is 7.78. The molecule has 0 spiro atoms. The third-order valence-corrected chi connectivity index (χ3v) is 5.64. The zero-order valence-electron chi connectivity index (χ0n) is 16.7. The molecule has 11 heteroatoms. The number of nitrogens with one attached hydrogen (secondary N) is 1. The lowest BCUT2D eigenvalue weighted by Crippen LogP contribution is -2.38. The van der Waals surface area contributed by atoms with Gasteiger partial charge in [0.2, 0.25) is 5.91 Å². The first-order chi connectivity index (χ1) is 14.6. The molecule has 1 aromatic heterocycles. The van der Waals surface area contributed by atoms with Gasteiger partial charge in [-0.2, -0.15) is 13.2 Å². The Labute approximate surface area is 187 Å². The molecule has 1 N–H and O–H groups in total. The second-order valence-electron chi connectivity index (χ2n) is 6.96. The fraction of sp³-hybridized carbons (Fsp3) is 0.400. The Morgan fingerprint density at radius 3 is 2.26 bits per heavy atom. The molecule has 3 rings (SSSR count). The van der Waals surface area contributed by atoms with Gasteiger partial charge in [0.15, 0.2) is 11.5 Å². The van der Waals surface area contributed by atoms with Gasteiger partial charge in [0.25, 0.3) is 0 Å². The smallest absolute Gasteiger partial charge is 0.417 e. The molecule has 1 amide bonds. The van der Waals surface area contributed by atoms with E-state index in [1.807, 2.05) is 0 Å². The Balaban J connectivity index is 1.64. The minimum atomic E-state index is -4.51. The van der Waals surface area contributed by atoms with E-state index in [1.54, 1.807) is 17.0 Å². The Kier molecular flexibility index (Phi) is 7.06. The van der Waals surface area contributed by atoms with Gasteiger partial charge >= 0.3 is 6.18 Å². The normalized spacial score (nSPS) is 15.0. The number of benzene rings is 1. The van der Waals surface area contributed by atoms with Crippen LogP contribution in [0.1, 0.15) is 18.4 Å². The van der Waals surface area contributed by atoms with Gasteiger partial charge in [-0.1, -0.05) is 23.2 Å². The highest BCUT2D eigenvalue weighted by Crippen LogP contribution is 2.37. The van der Waals surface area contributed by atoms with E-state index in [-0.39, 0.29) is 22.7 Å². The molecule has 31 heavy (non-hydrogen) atoms. The van der Waals surface area contributed by atoms with Crippen molar-refractivity contribution < 1.29 is 27.4 Å². The van der Waals surface area contributed by atoms with Crippen LogP contribution in [0, 0.1) is 5.92 Å². The maximum Gasteiger partial charge on any atom is 0.417 e. The molecule has 1 aromatic carbocycles. The van der Waals surface area contributed by atoms with Crippen molar-refractivity contribution in [3.8, 4) is 11.5 Å². The van der Waals surface area contributed by atoms with Gasteiger partial charge in [0, 0.05) is 37.3 Å². The van der Waals surface area contributed by atoms with Crippen LogP contribution in [0.15, 0.2) is 24.4 Å². The van der Waals surface area contributed by atoms with Gasteiger partial charge in [-0.05, 0) is 18.9 Å². The zero-order chi connectivity index (χ0) is 22.8. The number of halogens is 5. The molecular formula is C20H20Cl2F3N3O3. The minimum absolute atomic E-state index is 0.0742. The lowest BCUT2D eigenvalue weighted by molar-refractivity contribution is -0.137. The summed E-state index contributed by atoms with van der Waals surface area (Å²) in [5.41, 5.74) is -0.499. The summed E-state index contributed by atoms with van der Waals surface area (Å²) < 4.78 is 48.8. The zero-order valence-corrected chi connectivity index (χ0v) is 18.2. The summed E-state index contributed by atoms with van der Waals surface area (Å²) in [5, 5.41) is 3.04. The van der Waals surface area contributed by atoms with Crippen LogP contribution in [-0.4, -0.2) is 38.2 Å². The molecule has 1 aliphatic heterocycles. The van der Waals surface area contributed by atoms with Gasteiger partial charge in [-0.25, -0.2) is 4.98 Å². The number of pyridine rings is 1. The van der Waals surface area contributed by atoms with Crippen molar-refractivity contribution in [3.63, 3.8) is 0 Å². The van der Waals surface area contributed by atoms with Crippen LogP contribution >= 0.6 is 23.2 Å². The van der Waals surface area contributed by atoms with Gasteiger partial charge < -0.3 is 19.7 Å². The van der Waals surface area contributed by atoms with Crippen LogP contribution < -0.4 is 19.7 Å². The predicted octanol–water partition coefficient (Wildman–Crippen LogP) is 5.28. The molecular weight excluding hydrogens is 458 g/mol. The highest BCUT2D eigenvalue weighted by molar-refractivity contribution is 6.34. The van der Waals surface area contributed by atoms with Gasteiger partial charge in [-0.3, -0.25) is 4.79 Å². The third-order valence-electron chi connectivity index (χ3n) is 5.05. The number of rotatable bonds is 5. The van der Waals surface area contributed by atoms with Crippen LogP contribution in [0.5, 0.6) is 11.5 Å². The number of hydrogen-bond donors (Lipinski definition) is 1. The highest BCUT2D eigenvalue weighted by Gasteiger charge is 2.33. The minimum Gasteiger partial charge on any atom is -0.493 e. The van der Waals surface area contributed by atoms with Crippen molar-refractivity contribution in [1.29, 1.82) is 0 Å². The lowest BCUT2D eigenvalue weighted by atomic mass is 9.95. The first-order valence-corrected chi connectivity index (χ1v) is 10.1. The summed E-state index contributed by atoms with van der Waals surface area (Å²) in [6, 6.07) is 4.00. The molecule has 1 saturated heterocycles. The summed E-state index contributed by atoms with van der Waals surface area (Å²) in [5.74, 6) is 0.644. The van der Waals surface area contributed by atoms with Crippen molar-refractivity contribution in [2.24, 2.45) is 5.92 Å². The maximum absolute atomic E-state index is 12.8. The van der Waals surface area contributed by atoms with E-state index in [4.69, 9.17) is 32.7 Å². The Bertz CT molecular complexity index is 965. The van der Waals surface area contributed by atoms with E-state index >= 15 is 0 Å². The summed E-state index contributed by atoms with van der Waals surface area (Å²) >= 11 is 12.2. The van der Waals surface area contributed by atoms with Gasteiger partial charge in [0.1, 0.15) is 5.82 Å². The summed E-state index contributed by atoms with van der Waals surface area (Å²) in [6.07, 6.45) is -2.78. The number of carbonyl (C=O) groups excluding carboxylic acids is 1. The average Bonchev–Trinajstić information content (AvgIpc) is 2.74. The standard InChI is InChI=1S/C20H20Cl2F3N3O3/c1-30-16-8-13(21)15(9-17(16)31-2)27-19(29)11-3-5-28(6-4-11)18-14(22)7-12(10-26-18)20(23,24)25/h7-11H,3-6H2,1-2H3,(H,27,29). The van der Waals surface area contributed by atoms with Crippen LogP contribution in [0.25, 0.3) is 0 Å². The molecule has 1 fully saturated rings. The molecule has 0 atom stereocenters. The van der Waals surface area contributed by atoms with Crippen molar-refractivity contribution in [2.45, 2.75) is 19.0 Å². The molecule has 168 valence electrons. The molecule has 0 aliphatic carbocycles. The lowest BCUT2D eigenvalue weighted by Gasteiger charge is -2.32. The Hall–Kier alpha value is -2.39.